The molecule has 0 rings (SSSR count). The number of carbonyl (C=O) groups excluding carboxylic acids is 2. The Kier molecular flexibility index (Phi) is 22.7. The van der Waals surface area contributed by atoms with Gasteiger partial charge in [0.05, 0.1) is 0 Å². The van der Waals surface area contributed by atoms with E-state index in [2.05, 4.69) is 4.74 Å². The van der Waals surface area contributed by atoms with Crippen molar-refractivity contribution >= 4 is 136 Å². The monoisotopic (exact) mass is 270 g/mol. The van der Waals surface area contributed by atoms with Gasteiger partial charge in [-0.1, -0.05) is 0 Å². The first-order valence-corrected chi connectivity index (χ1v) is 2.17. The summed E-state index contributed by atoms with van der Waals surface area (Å²) in [5.74, 6) is -7.89. The van der Waals surface area contributed by atoms with Gasteiger partial charge in [0.15, 0.2) is 0 Å². The summed E-state index contributed by atoms with van der Waals surface area (Å²) in [5, 5.41) is 15.6. The van der Waals surface area contributed by atoms with Crippen LogP contribution in [0.15, 0.2) is 0 Å². The molecule has 0 bridgehead atoms. The summed E-state index contributed by atoms with van der Waals surface area (Å²) in [6.45, 7) is 0. The number of esters is 2. The second-order valence-corrected chi connectivity index (χ2v) is 1.29. The molecule has 0 spiro atoms. The maximum absolute atomic E-state index is 9.95. The molecule has 0 unspecified atom stereocenters. The molecule has 0 radical (unpaired) electrons. The van der Waals surface area contributed by atoms with Gasteiger partial charge in [0.2, 0.25) is 0 Å². The predicted octanol–water partition coefficient (Wildman–Crippen LogP) is -4.26. The van der Waals surface area contributed by atoms with Crippen LogP contribution in [0.4, 0.5) is 0 Å². The molecule has 0 aromatic rings. The molecule has 0 amide bonds. The molecule has 0 aliphatic carbocycles. The van der Waals surface area contributed by atoms with E-state index in [4.69, 9.17) is 10.2 Å². The smallest absolute Gasteiger partial charge is 0.316 e. The average molecular weight is 271 g/mol. The fourth-order valence-electron chi connectivity index (χ4n) is 0.172. The molecule has 0 aliphatic heterocycles. The van der Waals surface area contributed by atoms with Gasteiger partial charge in [0.25, 0.3) is 0 Å². The van der Waals surface area contributed by atoms with E-state index in [9.17, 15) is 19.2 Å². The first-order valence-electron chi connectivity index (χ1n) is 2.17. The number of hydrogen-bond acceptors (Lipinski definition) is 5. The van der Waals surface area contributed by atoms with Crippen molar-refractivity contribution in [2.45, 2.75) is 0 Å². The second kappa shape index (κ2) is 12.8. The summed E-state index contributed by atoms with van der Waals surface area (Å²) in [6, 6.07) is 0. The van der Waals surface area contributed by atoms with Crippen LogP contribution in [0.5, 0.6) is 0 Å². The minimum atomic E-state index is -2.03. The number of rotatable bonds is 0. The van der Waals surface area contributed by atoms with Gasteiger partial charge >= 0.3 is 136 Å². The molecule has 0 aromatic heterocycles. The van der Waals surface area contributed by atoms with Gasteiger partial charge in [-0.05, 0) is 0 Å². The van der Waals surface area contributed by atoms with Crippen LogP contribution in [-0.2, 0) is 23.9 Å². The number of carboxylic acids is 2. The molecule has 10 heteroatoms. The Hall–Kier alpha value is 1.74. The molecule has 14 heavy (non-hydrogen) atoms. The first-order chi connectivity index (χ1) is 4.95. The standard InChI is InChI=1S/C4H2O7.Ca.K.Mg.5H/c5-1(6)3(9)11-4(10)2(7)8;;;;;;;;/h(H,5,6)(H,7,8);;;;;;;;. The molecule has 0 fully saturated rings. The first kappa shape index (κ1) is 24.8. The van der Waals surface area contributed by atoms with Gasteiger partial charge in [-0.15, -0.1) is 0 Å². The largest absolute Gasteiger partial charge is 0.316 e. The van der Waals surface area contributed by atoms with Gasteiger partial charge in [0.1, 0.15) is 0 Å². The quantitative estimate of drug-likeness (QED) is 0.198. The van der Waals surface area contributed by atoms with Gasteiger partial charge in [-0.3, -0.25) is 0 Å². The third kappa shape index (κ3) is 11.8. The fraction of sp³-hybridized carbons (Fsp3) is 0. The van der Waals surface area contributed by atoms with Crippen molar-refractivity contribution in [3.63, 3.8) is 0 Å². The second-order valence-electron chi connectivity index (χ2n) is 1.29. The van der Waals surface area contributed by atoms with Crippen molar-refractivity contribution in [3.8, 4) is 0 Å². The van der Waals surface area contributed by atoms with Crippen LogP contribution in [0.2, 0.25) is 0 Å². The van der Waals surface area contributed by atoms with Crippen molar-refractivity contribution in [3.05, 3.63) is 0 Å². The summed E-state index contributed by atoms with van der Waals surface area (Å²) in [5.41, 5.74) is 0. The molecule has 2 N–H and O–H groups in total. The fourth-order valence-corrected chi connectivity index (χ4v) is 0.172. The maximum atomic E-state index is 9.95. The molecule has 0 atom stereocenters. The van der Waals surface area contributed by atoms with E-state index >= 15 is 0 Å². The van der Waals surface area contributed by atoms with Crippen LogP contribution in [-0.4, -0.2) is 146 Å². The van der Waals surface area contributed by atoms with E-state index < -0.39 is 23.9 Å². The third-order valence-corrected chi connectivity index (χ3v) is 0.535. The Morgan fingerprint density at radius 1 is 0.857 bits per heavy atom. The van der Waals surface area contributed by atoms with E-state index in [-0.39, 0.29) is 112 Å². The molecule has 0 aliphatic rings. The molecular weight excluding hydrogens is 264 g/mol. The average Bonchev–Trinajstić information content (AvgIpc) is 1.87. The van der Waals surface area contributed by atoms with Gasteiger partial charge in [-0.2, -0.15) is 0 Å². The SMILES string of the molecule is O=C(O)C(=O)OC(=O)C(=O)O.[CaH2].[KH].[MgH2]. The number of ether oxygens (including phenoxy) is 1. The van der Waals surface area contributed by atoms with Crippen LogP contribution in [0, 0.1) is 0 Å². The van der Waals surface area contributed by atoms with E-state index in [1.807, 2.05) is 0 Å². The Morgan fingerprint density at radius 3 is 1.21 bits per heavy atom. The predicted molar refractivity (Wildman–Crippen MR) is 50.6 cm³/mol. The van der Waals surface area contributed by atoms with E-state index in [0.29, 0.717) is 0 Å². The Morgan fingerprint density at radius 2 is 1.07 bits per heavy atom. The zero-order valence-corrected chi connectivity index (χ0v) is 4.94. The van der Waals surface area contributed by atoms with Crippen molar-refractivity contribution < 1.29 is 34.1 Å². The Labute approximate surface area is 166 Å². The van der Waals surface area contributed by atoms with E-state index in [1.165, 1.54) is 0 Å². The number of hydrogen-bond donors (Lipinski definition) is 2. The third-order valence-electron chi connectivity index (χ3n) is 0.535. The van der Waals surface area contributed by atoms with Crippen molar-refractivity contribution in [2.24, 2.45) is 0 Å². The summed E-state index contributed by atoms with van der Waals surface area (Å²) in [4.78, 5) is 39.2. The molecule has 0 saturated heterocycles. The van der Waals surface area contributed by atoms with Crippen LogP contribution in [0.1, 0.15) is 0 Å². The van der Waals surface area contributed by atoms with Crippen molar-refractivity contribution in [1.82, 2.24) is 0 Å². The van der Waals surface area contributed by atoms with E-state index in [1.54, 1.807) is 0 Å². The molecule has 7 nitrogen and oxygen atoms in total. The zero-order valence-electron chi connectivity index (χ0n) is 4.94. The van der Waals surface area contributed by atoms with Crippen LogP contribution < -0.4 is 0 Å². The minimum absolute atomic E-state index is 0. The van der Waals surface area contributed by atoms with Crippen molar-refractivity contribution in [1.29, 1.82) is 0 Å². The van der Waals surface area contributed by atoms with Crippen LogP contribution in [0.3, 0.4) is 0 Å². The number of carboxylic acid groups (broad SMARTS) is 2. The van der Waals surface area contributed by atoms with E-state index in [0.717, 1.165) is 0 Å². The van der Waals surface area contributed by atoms with Gasteiger partial charge in [0, 0.05) is 0 Å². The summed E-state index contributed by atoms with van der Waals surface area (Å²) >= 11 is 0. The Balaban J connectivity index is -0.000000167. The van der Waals surface area contributed by atoms with Gasteiger partial charge in [-0.25, -0.2) is 19.2 Å². The number of aliphatic carboxylic acids is 2. The van der Waals surface area contributed by atoms with Crippen molar-refractivity contribution in [2.75, 3.05) is 0 Å². The molecule has 0 aromatic carbocycles. The summed E-state index contributed by atoms with van der Waals surface area (Å²) in [6.07, 6.45) is 0. The minimum Gasteiger partial charge on any atom is 0.316 e. The Bertz CT molecular complexity index is 218. The van der Waals surface area contributed by atoms with Crippen LogP contribution >= 0.6 is 0 Å². The summed E-state index contributed by atoms with van der Waals surface area (Å²) < 4.78 is 3.30. The normalized spacial score (nSPS) is 6.57. The topological polar surface area (TPSA) is 118 Å². The summed E-state index contributed by atoms with van der Waals surface area (Å²) in [7, 11) is 0. The zero-order chi connectivity index (χ0) is 9.02. The molecule has 0 saturated carbocycles. The molecular formula is C4H7CaKMgO7. The van der Waals surface area contributed by atoms with Crippen LogP contribution in [0.25, 0.3) is 0 Å². The number of carbonyl (C=O) groups is 4. The molecule has 70 valence electrons. The molecule has 0 heterocycles. The maximum Gasteiger partial charge on any atom is 0.316 e. The van der Waals surface area contributed by atoms with Gasteiger partial charge < -0.3 is 14.9 Å².